The second-order valence-corrected chi connectivity index (χ2v) is 15.9. The SMILES string of the molecule is CCCC/C(C#Cc1ccccc1)=C(CCCC)/C(CCCC)=C(CCCC)\C(CCCC)=C(CCCC)/C(CCCC)=C(\C#Cc1ccccc1)CCCC. The Morgan fingerprint density at radius 1 is 0.304 bits per heavy atom. The van der Waals surface area contributed by atoms with Crippen molar-refractivity contribution in [2.45, 2.75) is 209 Å². The summed E-state index contributed by atoms with van der Waals surface area (Å²) in [7, 11) is 0. The van der Waals surface area contributed by atoms with Crippen LogP contribution in [0.2, 0.25) is 0 Å². The lowest BCUT2D eigenvalue weighted by Gasteiger charge is -2.27. The van der Waals surface area contributed by atoms with Gasteiger partial charge in [0.25, 0.3) is 0 Å². The van der Waals surface area contributed by atoms with E-state index in [2.05, 4.69) is 140 Å². The van der Waals surface area contributed by atoms with Crippen molar-refractivity contribution >= 4 is 0 Å². The molecule has 2 aromatic carbocycles. The molecule has 0 radical (unpaired) electrons. The second kappa shape index (κ2) is 31.6. The minimum atomic E-state index is 1.07. The Morgan fingerprint density at radius 2 is 0.536 bits per heavy atom. The standard InChI is InChI=1S/C56H82/c1-9-17-35-49(45-43-47-31-27-25-28-32-47)51(37-19-11-3)53(39-21-13-5)55(41-23-15-7)56(42-24-16-8)54(40-22-14-6)52(38-20-12-4)50(36-18-10-2)46-44-48-33-29-26-30-34-48/h25-34H,9-24,35-42H2,1-8H3/b51-49-,52-50-,55-53-,56-54-. The molecule has 2 rings (SSSR count). The minimum Gasteiger partial charge on any atom is -0.0658 e. The fourth-order valence-electron chi connectivity index (χ4n) is 7.65. The van der Waals surface area contributed by atoms with Crippen molar-refractivity contribution < 1.29 is 0 Å². The van der Waals surface area contributed by atoms with Gasteiger partial charge in [-0.25, -0.2) is 0 Å². The molecular weight excluding hydrogens is 673 g/mol. The Labute approximate surface area is 348 Å². The minimum absolute atomic E-state index is 1.07. The largest absolute Gasteiger partial charge is 0.0658 e. The van der Waals surface area contributed by atoms with E-state index in [0.29, 0.717) is 0 Å². The zero-order valence-corrected chi connectivity index (χ0v) is 37.7. The van der Waals surface area contributed by atoms with Gasteiger partial charge in [-0.15, -0.1) is 0 Å². The summed E-state index contributed by atoms with van der Waals surface area (Å²) in [6.07, 6.45) is 28.3. The average Bonchev–Trinajstić information content (AvgIpc) is 3.23. The zero-order valence-electron chi connectivity index (χ0n) is 37.7. The van der Waals surface area contributed by atoms with E-state index in [0.717, 1.165) is 62.5 Å². The van der Waals surface area contributed by atoms with E-state index in [-0.39, 0.29) is 0 Å². The highest BCUT2D eigenvalue weighted by Crippen LogP contribution is 2.41. The van der Waals surface area contributed by atoms with Gasteiger partial charge < -0.3 is 0 Å². The molecule has 0 aliphatic heterocycles. The zero-order chi connectivity index (χ0) is 40.6. The number of hydrogen-bond acceptors (Lipinski definition) is 0. The van der Waals surface area contributed by atoms with Crippen LogP contribution >= 0.6 is 0 Å². The predicted octanol–water partition coefficient (Wildman–Crippen LogP) is 17.8. The van der Waals surface area contributed by atoms with Crippen molar-refractivity contribution in [3.05, 3.63) is 116 Å². The van der Waals surface area contributed by atoms with Gasteiger partial charge in [-0.05, 0) is 160 Å². The molecule has 0 saturated carbocycles. The fraction of sp³-hybridized carbons (Fsp3) is 0.571. The molecule has 0 spiro atoms. The number of hydrogen-bond donors (Lipinski definition) is 0. The fourth-order valence-corrected chi connectivity index (χ4v) is 7.65. The first-order valence-corrected chi connectivity index (χ1v) is 23.6. The Hall–Kier alpha value is -3.48. The third kappa shape index (κ3) is 18.2. The maximum absolute atomic E-state index is 3.87. The molecule has 2 aromatic rings. The van der Waals surface area contributed by atoms with Crippen molar-refractivity contribution in [2.24, 2.45) is 0 Å². The monoisotopic (exact) mass is 755 g/mol. The van der Waals surface area contributed by atoms with Crippen molar-refractivity contribution in [3.8, 4) is 23.7 Å². The van der Waals surface area contributed by atoms with Crippen LogP contribution in [0.1, 0.15) is 221 Å². The van der Waals surface area contributed by atoms with E-state index in [1.807, 2.05) is 0 Å². The van der Waals surface area contributed by atoms with E-state index in [9.17, 15) is 0 Å². The van der Waals surface area contributed by atoms with Gasteiger partial charge in [0.1, 0.15) is 0 Å². The molecular formula is C56H82. The number of rotatable bonds is 27. The van der Waals surface area contributed by atoms with Crippen LogP contribution in [-0.4, -0.2) is 0 Å². The first kappa shape index (κ1) is 48.7. The molecule has 0 bridgehead atoms. The van der Waals surface area contributed by atoms with Crippen molar-refractivity contribution in [1.29, 1.82) is 0 Å². The van der Waals surface area contributed by atoms with E-state index in [1.165, 1.54) is 114 Å². The van der Waals surface area contributed by atoms with Crippen molar-refractivity contribution in [2.75, 3.05) is 0 Å². The highest BCUT2D eigenvalue weighted by molar-refractivity contribution is 5.57. The summed E-state index contributed by atoms with van der Waals surface area (Å²) in [5, 5.41) is 0. The van der Waals surface area contributed by atoms with Crippen LogP contribution in [0, 0.1) is 23.7 Å². The molecule has 0 aromatic heterocycles. The molecule has 0 aliphatic carbocycles. The Balaban J connectivity index is 3.32. The van der Waals surface area contributed by atoms with Crippen LogP contribution in [0.4, 0.5) is 0 Å². The summed E-state index contributed by atoms with van der Waals surface area (Å²) < 4.78 is 0. The van der Waals surface area contributed by atoms with Crippen LogP contribution in [0.3, 0.4) is 0 Å². The van der Waals surface area contributed by atoms with Gasteiger partial charge in [0.15, 0.2) is 0 Å². The maximum Gasteiger partial charge on any atom is 0.0248 e. The van der Waals surface area contributed by atoms with Gasteiger partial charge in [-0.1, -0.05) is 167 Å². The Morgan fingerprint density at radius 3 is 0.804 bits per heavy atom. The van der Waals surface area contributed by atoms with Gasteiger partial charge >= 0.3 is 0 Å². The van der Waals surface area contributed by atoms with E-state index < -0.39 is 0 Å². The normalized spacial score (nSPS) is 13.1. The highest BCUT2D eigenvalue weighted by atomic mass is 14.3. The van der Waals surface area contributed by atoms with Gasteiger partial charge in [0.05, 0.1) is 0 Å². The predicted molar refractivity (Wildman–Crippen MR) is 251 cm³/mol. The molecule has 0 aliphatic rings. The number of benzene rings is 2. The summed E-state index contributed by atoms with van der Waals surface area (Å²) >= 11 is 0. The summed E-state index contributed by atoms with van der Waals surface area (Å²) in [5.74, 6) is 15.1. The summed E-state index contributed by atoms with van der Waals surface area (Å²) in [6.45, 7) is 18.9. The van der Waals surface area contributed by atoms with E-state index in [1.54, 1.807) is 33.4 Å². The van der Waals surface area contributed by atoms with Crippen LogP contribution in [-0.2, 0) is 0 Å². The van der Waals surface area contributed by atoms with E-state index in [4.69, 9.17) is 0 Å². The molecule has 0 heterocycles. The van der Waals surface area contributed by atoms with Gasteiger partial charge in [0.2, 0.25) is 0 Å². The third-order valence-corrected chi connectivity index (χ3v) is 11.1. The molecule has 0 unspecified atom stereocenters. The summed E-state index contributed by atoms with van der Waals surface area (Å²) in [5.41, 5.74) is 15.0. The molecule has 0 nitrogen and oxygen atoms in total. The third-order valence-electron chi connectivity index (χ3n) is 11.1. The number of unbranched alkanes of at least 4 members (excludes halogenated alkanes) is 8. The summed E-state index contributed by atoms with van der Waals surface area (Å²) in [6, 6.07) is 21.4. The van der Waals surface area contributed by atoms with Gasteiger partial charge in [-0.2, -0.15) is 0 Å². The van der Waals surface area contributed by atoms with Crippen molar-refractivity contribution in [3.63, 3.8) is 0 Å². The molecule has 0 saturated heterocycles. The molecule has 0 amide bonds. The highest BCUT2D eigenvalue weighted by Gasteiger charge is 2.23. The van der Waals surface area contributed by atoms with Crippen LogP contribution in [0.15, 0.2) is 105 Å². The lowest BCUT2D eigenvalue weighted by molar-refractivity contribution is 0.692. The molecule has 56 heavy (non-hydrogen) atoms. The molecule has 0 N–H and O–H groups in total. The second-order valence-electron chi connectivity index (χ2n) is 15.9. The first-order valence-electron chi connectivity index (χ1n) is 23.6. The topological polar surface area (TPSA) is 0 Å². The van der Waals surface area contributed by atoms with Crippen molar-refractivity contribution in [1.82, 2.24) is 0 Å². The summed E-state index contributed by atoms with van der Waals surface area (Å²) in [4.78, 5) is 0. The molecule has 0 fully saturated rings. The average molecular weight is 755 g/mol. The Bertz CT molecular complexity index is 1470. The lowest BCUT2D eigenvalue weighted by Crippen LogP contribution is -2.09. The van der Waals surface area contributed by atoms with Gasteiger partial charge in [-0.3, -0.25) is 0 Å². The van der Waals surface area contributed by atoms with Crippen LogP contribution in [0.25, 0.3) is 0 Å². The van der Waals surface area contributed by atoms with Gasteiger partial charge in [0, 0.05) is 22.3 Å². The molecule has 0 heteroatoms. The lowest BCUT2D eigenvalue weighted by atomic mass is 9.77. The quantitative estimate of drug-likeness (QED) is 0.0629. The van der Waals surface area contributed by atoms with E-state index >= 15 is 0 Å². The smallest absolute Gasteiger partial charge is 0.0248 e. The number of allylic oxidation sites excluding steroid dienone is 8. The van der Waals surface area contributed by atoms with Crippen LogP contribution in [0.5, 0.6) is 0 Å². The first-order chi connectivity index (χ1) is 27.5. The van der Waals surface area contributed by atoms with Crippen LogP contribution < -0.4 is 0 Å². The Kier molecular flexibility index (Phi) is 27.5. The molecule has 306 valence electrons. The molecule has 0 atom stereocenters. The maximum atomic E-state index is 3.87.